The highest BCUT2D eigenvalue weighted by atomic mass is 79.9. The summed E-state index contributed by atoms with van der Waals surface area (Å²) in [6.07, 6.45) is 1.99. The van der Waals surface area contributed by atoms with Crippen LogP contribution in [0, 0.1) is 0 Å². The Morgan fingerprint density at radius 3 is 2.35 bits per heavy atom. The standard InChI is InChI=1S/C13H20BrClOSi/c1-17(2,3)16-10-4-5-13(15)11-6-8-12(14)9-7-11/h6-9,13H,4-5,10H2,1-3H3. The van der Waals surface area contributed by atoms with Crippen LogP contribution in [-0.4, -0.2) is 14.9 Å². The fraction of sp³-hybridized carbons (Fsp3) is 0.538. The topological polar surface area (TPSA) is 9.23 Å². The van der Waals surface area contributed by atoms with Crippen LogP contribution in [0.25, 0.3) is 0 Å². The fourth-order valence-corrected chi connectivity index (χ4v) is 2.80. The molecule has 1 aromatic rings. The van der Waals surface area contributed by atoms with Crippen molar-refractivity contribution in [3.63, 3.8) is 0 Å². The van der Waals surface area contributed by atoms with E-state index in [9.17, 15) is 0 Å². The number of hydrogen-bond acceptors (Lipinski definition) is 1. The molecule has 1 atom stereocenters. The van der Waals surface area contributed by atoms with E-state index in [-0.39, 0.29) is 5.38 Å². The summed E-state index contributed by atoms with van der Waals surface area (Å²) in [5.41, 5.74) is 1.18. The molecule has 0 aliphatic rings. The summed E-state index contributed by atoms with van der Waals surface area (Å²) < 4.78 is 6.90. The zero-order valence-electron chi connectivity index (χ0n) is 10.7. The summed E-state index contributed by atoms with van der Waals surface area (Å²) in [5.74, 6) is 0. The lowest BCUT2D eigenvalue weighted by Crippen LogP contribution is -2.25. The summed E-state index contributed by atoms with van der Waals surface area (Å²) >= 11 is 9.77. The Labute approximate surface area is 119 Å². The molecule has 4 heteroatoms. The lowest BCUT2D eigenvalue weighted by molar-refractivity contribution is 0.300. The van der Waals surface area contributed by atoms with Gasteiger partial charge < -0.3 is 4.43 Å². The molecular formula is C13H20BrClOSi. The predicted octanol–water partition coefficient (Wildman–Crippen LogP) is 5.36. The van der Waals surface area contributed by atoms with Crippen molar-refractivity contribution in [1.29, 1.82) is 0 Å². The van der Waals surface area contributed by atoms with Crippen molar-refractivity contribution in [3.05, 3.63) is 34.3 Å². The van der Waals surface area contributed by atoms with Gasteiger partial charge in [0, 0.05) is 11.1 Å². The number of halogens is 2. The Morgan fingerprint density at radius 2 is 1.82 bits per heavy atom. The van der Waals surface area contributed by atoms with Crippen molar-refractivity contribution in [1.82, 2.24) is 0 Å². The van der Waals surface area contributed by atoms with E-state index in [1.165, 1.54) is 5.56 Å². The van der Waals surface area contributed by atoms with Crippen LogP contribution in [0.2, 0.25) is 19.6 Å². The van der Waals surface area contributed by atoms with Gasteiger partial charge in [-0.25, -0.2) is 0 Å². The van der Waals surface area contributed by atoms with Crippen LogP contribution in [0.15, 0.2) is 28.7 Å². The van der Waals surface area contributed by atoms with Gasteiger partial charge in [0.15, 0.2) is 8.32 Å². The van der Waals surface area contributed by atoms with Crippen LogP contribution in [0.4, 0.5) is 0 Å². The molecule has 0 amide bonds. The first-order valence-corrected chi connectivity index (χ1v) is 10.6. The molecule has 0 bridgehead atoms. The van der Waals surface area contributed by atoms with Gasteiger partial charge in [-0.2, -0.15) is 0 Å². The molecule has 0 heterocycles. The van der Waals surface area contributed by atoms with E-state index in [0.717, 1.165) is 23.9 Å². The Morgan fingerprint density at radius 1 is 1.24 bits per heavy atom. The summed E-state index contributed by atoms with van der Waals surface area (Å²) in [6, 6.07) is 8.20. The van der Waals surface area contributed by atoms with Crippen LogP contribution in [0.3, 0.4) is 0 Å². The highest BCUT2D eigenvalue weighted by Crippen LogP contribution is 2.26. The van der Waals surface area contributed by atoms with Gasteiger partial charge in [-0.05, 0) is 50.2 Å². The zero-order valence-corrected chi connectivity index (χ0v) is 14.0. The molecule has 1 rings (SSSR count). The maximum atomic E-state index is 6.35. The van der Waals surface area contributed by atoms with Crippen LogP contribution < -0.4 is 0 Å². The zero-order chi connectivity index (χ0) is 12.9. The first-order valence-electron chi connectivity index (χ1n) is 5.92. The van der Waals surface area contributed by atoms with Crippen molar-refractivity contribution in [2.45, 2.75) is 37.9 Å². The van der Waals surface area contributed by atoms with Crippen molar-refractivity contribution in [2.75, 3.05) is 6.61 Å². The van der Waals surface area contributed by atoms with E-state index < -0.39 is 8.32 Å². The van der Waals surface area contributed by atoms with Crippen molar-refractivity contribution in [3.8, 4) is 0 Å². The van der Waals surface area contributed by atoms with Gasteiger partial charge in [0.25, 0.3) is 0 Å². The minimum atomic E-state index is -1.37. The average molecular weight is 336 g/mol. The summed E-state index contributed by atoms with van der Waals surface area (Å²) in [4.78, 5) is 0. The highest BCUT2D eigenvalue weighted by molar-refractivity contribution is 9.10. The van der Waals surface area contributed by atoms with Gasteiger partial charge >= 0.3 is 0 Å². The Hall–Kier alpha value is 0.167. The Kier molecular flexibility index (Phi) is 6.21. The quantitative estimate of drug-likeness (QED) is 0.386. The van der Waals surface area contributed by atoms with Crippen LogP contribution in [0.5, 0.6) is 0 Å². The second kappa shape index (κ2) is 6.93. The molecule has 0 N–H and O–H groups in total. The molecule has 0 aromatic heterocycles. The maximum absolute atomic E-state index is 6.35. The summed E-state index contributed by atoms with van der Waals surface area (Å²) in [7, 11) is -1.37. The molecule has 0 aliphatic heterocycles. The second-order valence-corrected chi connectivity index (χ2v) is 11.1. The molecule has 96 valence electrons. The second-order valence-electron chi connectivity index (χ2n) is 5.12. The van der Waals surface area contributed by atoms with Gasteiger partial charge in [-0.3, -0.25) is 0 Å². The fourth-order valence-electron chi connectivity index (χ4n) is 1.48. The minimum Gasteiger partial charge on any atom is -0.418 e. The third-order valence-electron chi connectivity index (χ3n) is 2.37. The van der Waals surface area contributed by atoms with Crippen LogP contribution >= 0.6 is 27.5 Å². The number of benzene rings is 1. The van der Waals surface area contributed by atoms with Crippen molar-refractivity contribution in [2.24, 2.45) is 0 Å². The molecular weight excluding hydrogens is 316 g/mol. The SMILES string of the molecule is C[Si](C)(C)OCCCC(Cl)c1ccc(Br)cc1. The Bertz CT molecular complexity index is 334. The third kappa shape index (κ3) is 6.60. The first kappa shape index (κ1) is 15.2. The lowest BCUT2D eigenvalue weighted by atomic mass is 10.1. The largest absolute Gasteiger partial charge is 0.418 e. The van der Waals surface area contributed by atoms with Crippen LogP contribution in [0.1, 0.15) is 23.8 Å². The van der Waals surface area contributed by atoms with Gasteiger partial charge in [0.1, 0.15) is 0 Å². The van der Waals surface area contributed by atoms with Gasteiger partial charge in [0.2, 0.25) is 0 Å². The molecule has 1 unspecified atom stereocenters. The molecule has 17 heavy (non-hydrogen) atoms. The normalized spacial score (nSPS) is 13.7. The predicted molar refractivity (Wildman–Crippen MR) is 81.3 cm³/mol. The smallest absolute Gasteiger partial charge is 0.183 e. The van der Waals surface area contributed by atoms with E-state index in [1.54, 1.807) is 0 Å². The Balaban J connectivity index is 2.30. The lowest BCUT2D eigenvalue weighted by Gasteiger charge is -2.17. The molecule has 1 nitrogen and oxygen atoms in total. The molecule has 0 radical (unpaired) electrons. The van der Waals surface area contributed by atoms with Gasteiger partial charge in [0.05, 0.1) is 5.38 Å². The van der Waals surface area contributed by atoms with E-state index in [4.69, 9.17) is 16.0 Å². The molecule has 0 spiro atoms. The van der Waals surface area contributed by atoms with E-state index >= 15 is 0 Å². The maximum Gasteiger partial charge on any atom is 0.183 e. The molecule has 0 aliphatic carbocycles. The van der Waals surface area contributed by atoms with Crippen molar-refractivity contribution >= 4 is 35.8 Å². The molecule has 0 fully saturated rings. The summed E-state index contributed by atoms with van der Waals surface area (Å²) in [6.45, 7) is 7.45. The molecule has 0 saturated heterocycles. The van der Waals surface area contributed by atoms with Gasteiger partial charge in [-0.1, -0.05) is 28.1 Å². The van der Waals surface area contributed by atoms with E-state index in [0.29, 0.717) is 0 Å². The van der Waals surface area contributed by atoms with E-state index in [2.05, 4.69) is 47.7 Å². The van der Waals surface area contributed by atoms with Gasteiger partial charge in [-0.15, -0.1) is 11.6 Å². The number of rotatable bonds is 6. The molecule has 1 aromatic carbocycles. The van der Waals surface area contributed by atoms with Crippen LogP contribution in [-0.2, 0) is 4.43 Å². The highest BCUT2D eigenvalue weighted by Gasteiger charge is 2.14. The van der Waals surface area contributed by atoms with Crippen molar-refractivity contribution < 1.29 is 4.43 Å². The summed E-state index contributed by atoms with van der Waals surface area (Å²) in [5, 5.41) is 0.0911. The number of hydrogen-bond donors (Lipinski definition) is 0. The molecule has 0 saturated carbocycles. The monoisotopic (exact) mass is 334 g/mol. The first-order chi connectivity index (χ1) is 7.88. The van der Waals surface area contributed by atoms with E-state index in [1.807, 2.05) is 12.1 Å². The minimum absolute atomic E-state index is 0.0911. The average Bonchev–Trinajstić information content (AvgIpc) is 2.24. The third-order valence-corrected chi connectivity index (χ3v) is 4.44. The number of alkyl halides is 1.